The number of rotatable bonds is 9. The minimum atomic E-state index is -0.364. The lowest BCUT2D eigenvalue weighted by molar-refractivity contribution is -0.139. The van der Waals surface area contributed by atoms with E-state index in [-0.39, 0.29) is 12.6 Å². The molecule has 0 radical (unpaired) electrons. The lowest BCUT2D eigenvalue weighted by atomic mass is 10.2. The Bertz CT molecular complexity index is 373. The topological polar surface area (TPSA) is 44.8 Å². The SMILES string of the molecule is CCOCCOCCOC(=O)/C=C/c1ccccc1. The van der Waals surface area contributed by atoms with Gasteiger partial charge in [0.25, 0.3) is 0 Å². The number of carbonyl (C=O) groups is 1. The molecule has 0 N–H and O–H groups in total. The Labute approximate surface area is 114 Å². The Balaban J connectivity index is 2.07. The Morgan fingerprint density at radius 1 is 1.05 bits per heavy atom. The summed E-state index contributed by atoms with van der Waals surface area (Å²) in [5.74, 6) is -0.364. The molecule has 4 nitrogen and oxygen atoms in total. The van der Waals surface area contributed by atoms with E-state index >= 15 is 0 Å². The van der Waals surface area contributed by atoms with Crippen molar-refractivity contribution in [2.24, 2.45) is 0 Å². The van der Waals surface area contributed by atoms with Crippen molar-refractivity contribution in [2.75, 3.05) is 33.0 Å². The van der Waals surface area contributed by atoms with Crippen molar-refractivity contribution in [3.63, 3.8) is 0 Å². The van der Waals surface area contributed by atoms with Crippen molar-refractivity contribution >= 4 is 12.0 Å². The first kappa shape index (κ1) is 15.4. The van der Waals surface area contributed by atoms with Crippen molar-refractivity contribution in [1.82, 2.24) is 0 Å². The highest BCUT2D eigenvalue weighted by Crippen LogP contribution is 2.00. The number of esters is 1. The smallest absolute Gasteiger partial charge is 0.330 e. The zero-order chi connectivity index (χ0) is 13.8. The second-order valence-electron chi connectivity index (χ2n) is 3.72. The molecule has 0 heterocycles. The molecule has 0 unspecified atom stereocenters. The van der Waals surface area contributed by atoms with E-state index in [0.29, 0.717) is 26.4 Å². The second kappa shape index (κ2) is 10.3. The van der Waals surface area contributed by atoms with E-state index in [0.717, 1.165) is 5.56 Å². The summed E-state index contributed by atoms with van der Waals surface area (Å²) in [5, 5.41) is 0. The molecule has 0 aromatic heterocycles. The zero-order valence-corrected chi connectivity index (χ0v) is 11.2. The fourth-order valence-electron chi connectivity index (χ4n) is 1.34. The standard InChI is InChI=1S/C15H20O4/c1-2-17-10-11-18-12-13-19-15(16)9-8-14-6-4-3-5-7-14/h3-9H,2,10-13H2,1H3/b9-8+. The zero-order valence-electron chi connectivity index (χ0n) is 11.2. The van der Waals surface area contributed by atoms with Crippen LogP contribution >= 0.6 is 0 Å². The Kier molecular flexibility index (Phi) is 8.34. The number of carbonyl (C=O) groups excluding carboxylic acids is 1. The van der Waals surface area contributed by atoms with Gasteiger partial charge in [0.05, 0.1) is 19.8 Å². The van der Waals surface area contributed by atoms with Gasteiger partial charge in [-0.15, -0.1) is 0 Å². The molecule has 4 heteroatoms. The van der Waals surface area contributed by atoms with E-state index in [1.807, 2.05) is 37.3 Å². The van der Waals surface area contributed by atoms with Gasteiger partial charge >= 0.3 is 5.97 Å². The van der Waals surface area contributed by atoms with Gasteiger partial charge < -0.3 is 14.2 Å². The van der Waals surface area contributed by atoms with E-state index in [1.165, 1.54) is 6.08 Å². The van der Waals surface area contributed by atoms with Crippen LogP contribution in [0.3, 0.4) is 0 Å². The molecule has 0 spiro atoms. The summed E-state index contributed by atoms with van der Waals surface area (Å²) in [6.07, 6.45) is 3.13. The highest BCUT2D eigenvalue weighted by molar-refractivity contribution is 5.86. The van der Waals surface area contributed by atoms with Crippen LogP contribution in [0, 0.1) is 0 Å². The van der Waals surface area contributed by atoms with Gasteiger partial charge in [0.15, 0.2) is 0 Å². The fourth-order valence-corrected chi connectivity index (χ4v) is 1.34. The lowest BCUT2D eigenvalue weighted by Gasteiger charge is -2.04. The Hall–Kier alpha value is -1.65. The molecule has 0 aliphatic heterocycles. The second-order valence-corrected chi connectivity index (χ2v) is 3.72. The first-order valence-electron chi connectivity index (χ1n) is 6.38. The molecule has 0 amide bonds. The summed E-state index contributed by atoms with van der Waals surface area (Å²) in [4.78, 5) is 11.4. The lowest BCUT2D eigenvalue weighted by Crippen LogP contribution is -2.11. The van der Waals surface area contributed by atoms with Gasteiger partial charge in [-0.3, -0.25) is 0 Å². The van der Waals surface area contributed by atoms with E-state index in [2.05, 4.69) is 0 Å². The largest absolute Gasteiger partial charge is 0.460 e. The predicted molar refractivity (Wildman–Crippen MR) is 73.7 cm³/mol. The minimum absolute atomic E-state index is 0.254. The van der Waals surface area contributed by atoms with E-state index in [9.17, 15) is 4.79 Å². The normalized spacial score (nSPS) is 10.8. The molecule has 19 heavy (non-hydrogen) atoms. The van der Waals surface area contributed by atoms with Gasteiger partial charge in [0.2, 0.25) is 0 Å². The minimum Gasteiger partial charge on any atom is -0.460 e. The summed E-state index contributed by atoms with van der Waals surface area (Å²) in [6.45, 7) is 4.34. The number of hydrogen-bond donors (Lipinski definition) is 0. The van der Waals surface area contributed by atoms with E-state index in [1.54, 1.807) is 6.08 Å². The van der Waals surface area contributed by atoms with Gasteiger partial charge in [-0.2, -0.15) is 0 Å². The van der Waals surface area contributed by atoms with Crippen molar-refractivity contribution in [3.8, 4) is 0 Å². The molecule has 1 aromatic carbocycles. The average Bonchev–Trinajstić information content (AvgIpc) is 2.45. The molecule has 0 saturated carbocycles. The maximum Gasteiger partial charge on any atom is 0.330 e. The number of ether oxygens (including phenoxy) is 3. The number of benzene rings is 1. The number of hydrogen-bond acceptors (Lipinski definition) is 4. The highest BCUT2D eigenvalue weighted by Gasteiger charge is 1.96. The summed E-state index contributed by atoms with van der Waals surface area (Å²) >= 11 is 0. The molecule has 0 aliphatic rings. The Morgan fingerprint density at radius 2 is 1.74 bits per heavy atom. The highest BCUT2D eigenvalue weighted by atomic mass is 16.6. The predicted octanol–water partition coefficient (Wildman–Crippen LogP) is 2.30. The third-order valence-electron chi connectivity index (χ3n) is 2.26. The Morgan fingerprint density at radius 3 is 2.47 bits per heavy atom. The van der Waals surface area contributed by atoms with Crippen LogP contribution in [0.1, 0.15) is 12.5 Å². The van der Waals surface area contributed by atoms with Gasteiger partial charge in [0.1, 0.15) is 6.61 Å². The molecule has 1 aromatic rings. The molecule has 0 bridgehead atoms. The van der Waals surface area contributed by atoms with E-state index < -0.39 is 0 Å². The molecule has 0 fully saturated rings. The maximum absolute atomic E-state index is 11.4. The molecular weight excluding hydrogens is 244 g/mol. The van der Waals surface area contributed by atoms with Crippen LogP contribution in [0.25, 0.3) is 6.08 Å². The molecule has 1 rings (SSSR count). The summed E-state index contributed by atoms with van der Waals surface area (Å²) in [6, 6.07) is 9.59. The summed E-state index contributed by atoms with van der Waals surface area (Å²) < 4.78 is 15.3. The van der Waals surface area contributed by atoms with E-state index in [4.69, 9.17) is 14.2 Å². The maximum atomic E-state index is 11.4. The first-order chi connectivity index (χ1) is 9.33. The quantitative estimate of drug-likeness (QED) is 0.390. The molecule has 0 aliphatic carbocycles. The van der Waals surface area contributed by atoms with Crippen LogP contribution in [0.5, 0.6) is 0 Å². The van der Waals surface area contributed by atoms with Gasteiger partial charge in [-0.1, -0.05) is 30.3 Å². The third-order valence-corrected chi connectivity index (χ3v) is 2.26. The monoisotopic (exact) mass is 264 g/mol. The van der Waals surface area contributed by atoms with Crippen LogP contribution in [-0.4, -0.2) is 39.0 Å². The molecule has 0 atom stereocenters. The van der Waals surface area contributed by atoms with Crippen molar-refractivity contribution in [2.45, 2.75) is 6.92 Å². The summed E-state index contributed by atoms with van der Waals surface area (Å²) in [5.41, 5.74) is 0.965. The van der Waals surface area contributed by atoms with Gasteiger partial charge in [0, 0.05) is 12.7 Å². The van der Waals surface area contributed by atoms with Gasteiger partial charge in [-0.25, -0.2) is 4.79 Å². The van der Waals surface area contributed by atoms with Crippen LogP contribution in [0.4, 0.5) is 0 Å². The van der Waals surface area contributed by atoms with Crippen LogP contribution in [0.15, 0.2) is 36.4 Å². The molecule has 0 saturated heterocycles. The van der Waals surface area contributed by atoms with Gasteiger partial charge in [-0.05, 0) is 18.6 Å². The third kappa shape index (κ3) is 8.13. The van der Waals surface area contributed by atoms with Crippen molar-refractivity contribution < 1.29 is 19.0 Å². The average molecular weight is 264 g/mol. The van der Waals surface area contributed by atoms with Crippen LogP contribution < -0.4 is 0 Å². The van der Waals surface area contributed by atoms with Crippen molar-refractivity contribution in [1.29, 1.82) is 0 Å². The van der Waals surface area contributed by atoms with Crippen LogP contribution in [-0.2, 0) is 19.0 Å². The summed E-state index contributed by atoms with van der Waals surface area (Å²) in [7, 11) is 0. The first-order valence-corrected chi connectivity index (χ1v) is 6.38. The van der Waals surface area contributed by atoms with Crippen molar-refractivity contribution in [3.05, 3.63) is 42.0 Å². The molecule has 104 valence electrons. The fraction of sp³-hybridized carbons (Fsp3) is 0.400. The molecular formula is C15H20O4. The van der Waals surface area contributed by atoms with Crippen LogP contribution in [0.2, 0.25) is 0 Å².